The number of carbonyl (C=O) groups excluding carboxylic acids is 1. The minimum Gasteiger partial charge on any atom is -0.493 e. The molecule has 1 aromatic carbocycles. The van der Waals surface area contributed by atoms with E-state index in [2.05, 4.69) is 4.98 Å². The number of nitrogens with one attached hydrogen (secondary N) is 1. The predicted molar refractivity (Wildman–Crippen MR) is 130 cm³/mol. The lowest BCUT2D eigenvalue weighted by molar-refractivity contribution is -0.265. The molecule has 0 aliphatic heterocycles. The molecule has 1 atom stereocenters. The van der Waals surface area contributed by atoms with Crippen LogP contribution in [0.2, 0.25) is 0 Å². The van der Waals surface area contributed by atoms with Gasteiger partial charge in [0.25, 0.3) is 0 Å². The van der Waals surface area contributed by atoms with Gasteiger partial charge in [-0.15, -0.1) is 0 Å². The van der Waals surface area contributed by atoms with Gasteiger partial charge >= 0.3 is 6.18 Å². The van der Waals surface area contributed by atoms with Crippen molar-refractivity contribution in [2.24, 2.45) is 0 Å². The fourth-order valence-corrected chi connectivity index (χ4v) is 3.34. The molecule has 0 saturated heterocycles. The van der Waals surface area contributed by atoms with Crippen molar-refractivity contribution >= 4 is 6.41 Å². The first-order chi connectivity index (χ1) is 15.8. The third-order valence-corrected chi connectivity index (χ3v) is 5.65. The average molecular weight is 499 g/mol. The quantitative estimate of drug-likeness (QED) is 0.470. The normalized spacial score (nSPS) is 14.7. The monoisotopic (exact) mass is 498 g/mol. The van der Waals surface area contributed by atoms with Crippen molar-refractivity contribution in [3.8, 4) is 11.5 Å². The first-order valence-electron chi connectivity index (χ1n) is 11.1. The van der Waals surface area contributed by atoms with E-state index in [0.29, 0.717) is 17.4 Å². The van der Waals surface area contributed by atoms with Gasteiger partial charge in [0.2, 0.25) is 12.0 Å². The molecule has 2 aromatic rings. The topological polar surface area (TPSA) is 80.7 Å². The molecule has 6 nitrogen and oxygen atoms in total. The molecule has 1 aliphatic carbocycles. The van der Waals surface area contributed by atoms with Gasteiger partial charge in [-0.2, -0.15) is 13.2 Å². The molecule has 2 N–H and O–H groups in total. The maximum absolute atomic E-state index is 13.2. The van der Waals surface area contributed by atoms with Crippen LogP contribution in [0.4, 0.5) is 13.2 Å². The summed E-state index contributed by atoms with van der Waals surface area (Å²) in [6.45, 7) is 8.13. The Kier molecular flexibility index (Phi) is 10.6. The maximum Gasteiger partial charge on any atom is 0.424 e. The molecule has 0 radical (unpaired) electrons. The van der Waals surface area contributed by atoms with Crippen molar-refractivity contribution in [1.29, 1.82) is 0 Å². The standard InChI is InChI=1S/C14H19F3N2O2.C11H14O2.CH4/c1-8(2)11-5-12(19-10(4)9(11)3)13(21,6-18-7-20)14(15,16)17;1-8-3-6-10(11(7-8)12-2)13-9-4-5-9;/h5,7-8,21H,6H2,1-4H3,(H,18,20);3,6-7,9H,4-5H2,1-2H3;1H4. The van der Waals surface area contributed by atoms with E-state index in [1.165, 1.54) is 24.5 Å². The number of nitrogens with zero attached hydrogens (tertiary/aromatic N) is 1. The summed E-state index contributed by atoms with van der Waals surface area (Å²) in [6.07, 6.45) is -2.06. The molecule has 1 unspecified atom stereocenters. The Morgan fingerprint density at radius 2 is 1.80 bits per heavy atom. The summed E-state index contributed by atoms with van der Waals surface area (Å²) in [5, 5.41) is 11.9. The molecule has 1 saturated carbocycles. The van der Waals surface area contributed by atoms with Gasteiger partial charge in [0.1, 0.15) is 0 Å². The van der Waals surface area contributed by atoms with Crippen LogP contribution in [0.3, 0.4) is 0 Å². The summed E-state index contributed by atoms with van der Waals surface area (Å²) >= 11 is 0. The molecule has 9 heteroatoms. The molecule has 1 heterocycles. The highest BCUT2D eigenvalue weighted by atomic mass is 19.4. The first kappa shape index (κ1) is 30.2. The molecular formula is C26H37F3N2O4. The number of carbonyl (C=O) groups is 1. The summed E-state index contributed by atoms with van der Waals surface area (Å²) in [5.41, 5.74) is -0.621. The number of alkyl halides is 3. The van der Waals surface area contributed by atoms with E-state index in [1.807, 2.05) is 44.3 Å². The van der Waals surface area contributed by atoms with Crippen molar-refractivity contribution in [2.75, 3.05) is 13.7 Å². The van der Waals surface area contributed by atoms with E-state index >= 15 is 0 Å². The second-order valence-corrected chi connectivity index (χ2v) is 8.79. The van der Waals surface area contributed by atoms with Crippen LogP contribution < -0.4 is 14.8 Å². The fraction of sp³-hybridized carbons (Fsp3) is 0.538. The van der Waals surface area contributed by atoms with Crippen molar-refractivity contribution in [2.45, 2.75) is 78.7 Å². The smallest absolute Gasteiger partial charge is 0.424 e. The van der Waals surface area contributed by atoms with E-state index in [9.17, 15) is 23.1 Å². The molecule has 0 bridgehead atoms. The van der Waals surface area contributed by atoms with Gasteiger partial charge in [-0.3, -0.25) is 9.78 Å². The predicted octanol–water partition coefficient (Wildman–Crippen LogP) is 5.50. The number of amides is 1. The average Bonchev–Trinajstić information content (AvgIpc) is 3.58. The van der Waals surface area contributed by atoms with Crippen LogP contribution in [-0.2, 0) is 10.4 Å². The zero-order chi connectivity index (χ0) is 25.7. The van der Waals surface area contributed by atoms with E-state index in [4.69, 9.17) is 9.47 Å². The van der Waals surface area contributed by atoms with Crippen LogP contribution in [0.15, 0.2) is 24.3 Å². The zero-order valence-corrected chi connectivity index (χ0v) is 20.4. The molecule has 1 fully saturated rings. The molecule has 196 valence electrons. The van der Waals surface area contributed by atoms with Gasteiger partial charge in [0.15, 0.2) is 11.5 Å². The van der Waals surface area contributed by atoms with Crippen molar-refractivity contribution in [3.05, 3.63) is 52.3 Å². The van der Waals surface area contributed by atoms with Gasteiger partial charge in [-0.05, 0) is 74.4 Å². The van der Waals surface area contributed by atoms with Crippen LogP contribution in [0.1, 0.15) is 68.1 Å². The van der Waals surface area contributed by atoms with Gasteiger partial charge in [0, 0.05) is 5.69 Å². The Labute approximate surface area is 205 Å². The lowest BCUT2D eigenvalue weighted by Gasteiger charge is -2.31. The fourth-order valence-electron chi connectivity index (χ4n) is 3.34. The highest BCUT2D eigenvalue weighted by Gasteiger charge is 2.56. The number of aliphatic hydroxyl groups is 1. The lowest BCUT2D eigenvalue weighted by atomic mass is 9.91. The number of aryl methyl sites for hydroxylation is 2. The zero-order valence-electron chi connectivity index (χ0n) is 20.4. The van der Waals surface area contributed by atoms with E-state index in [0.717, 1.165) is 17.1 Å². The minimum absolute atomic E-state index is 0. The molecule has 1 amide bonds. The number of benzene rings is 1. The van der Waals surface area contributed by atoms with Gasteiger partial charge < -0.3 is 19.9 Å². The summed E-state index contributed by atoms with van der Waals surface area (Å²) in [6, 6.07) is 7.28. The van der Waals surface area contributed by atoms with E-state index < -0.39 is 24.0 Å². The summed E-state index contributed by atoms with van der Waals surface area (Å²) in [4.78, 5) is 14.2. The van der Waals surface area contributed by atoms with E-state index in [-0.39, 0.29) is 19.8 Å². The Morgan fingerprint density at radius 1 is 1.17 bits per heavy atom. The maximum atomic E-state index is 13.2. The summed E-state index contributed by atoms with van der Waals surface area (Å²) < 4.78 is 50.6. The van der Waals surface area contributed by atoms with Crippen LogP contribution >= 0.6 is 0 Å². The van der Waals surface area contributed by atoms with Crippen molar-refractivity contribution < 1.29 is 32.5 Å². The first-order valence-corrected chi connectivity index (χ1v) is 11.1. The Bertz CT molecular complexity index is 991. The Hall–Kier alpha value is -2.81. The molecule has 1 aliphatic rings. The molecule has 35 heavy (non-hydrogen) atoms. The third kappa shape index (κ3) is 7.59. The summed E-state index contributed by atoms with van der Waals surface area (Å²) in [7, 11) is 1.68. The highest BCUT2D eigenvalue weighted by molar-refractivity contribution is 5.46. The second kappa shape index (κ2) is 12.2. The van der Waals surface area contributed by atoms with Gasteiger partial charge in [0.05, 0.1) is 25.5 Å². The van der Waals surface area contributed by atoms with Crippen LogP contribution in [-0.4, -0.2) is 42.4 Å². The second-order valence-electron chi connectivity index (χ2n) is 8.79. The Balaban J connectivity index is 0.000000374. The molecule has 0 spiro atoms. The van der Waals surface area contributed by atoms with Crippen molar-refractivity contribution in [1.82, 2.24) is 10.3 Å². The third-order valence-electron chi connectivity index (χ3n) is 5.65. The number of halogens is 3. The number of methoxy groups -OCH3 is 1. The summed E-state index contributed by atoms with van der Waals surface area (Å²) in [5.74, 6) is 1.70. The van der Waals surface area contributed by atoms with Crippen LogP contribution in [0.25, 0.3) is 0 Å². The number of rotatable bonds is 8. The van der Waals surface area contributed by atoms with Gasteiger partial charge in [-0.25, -0.2) is 0 Å². The SMILES string of the molecule is C.COc1cc(C)ccc1OC1CC1.Cc1nc(C(O)(CNC=O)C(F)(F)F)cc(C(C)C)c1C. The molecular weight excluding hydrogens is 461 g/mol. The highest BCUT2D eigenvalue weighted by Crippen LogP contribution is 2.39. The number of aromatic nitrogens is 1. The number of pyridine rings is 1. The number of hydrogen-bond acceptors (Lipinski definition) is 5. The van der Waals surface area contributed by atoms with Gasteiger partial charge in [-0.1, -0.05) is 27.3 Å². The number of hydrogen-bond donors (Lipinski definition) is 2. The van der Waals surface area contributed by atoms with Crippen molar-refractivity contribution in [3.63, 3.8) is 0 Å². The van der Waals surface area contributed by atoms with E-state index in [1.54, 1.807) is 21.0 Å². The van der Waals surface area contributed by atoms with Crippen LogP contribution in [0, 0.1) is 20.8 Å². The molecule has 3 rings (SSSR count). The molecule has 1 aromatic heterocycles. The largest absolute Gasteiger partial charge is 0.493 e. The van der Waals surface area contributed by atoms with Crippen LogP contribution in [0.5, 0.6) is 11.5 Å². The number of ether oxygens (including phenoxy) is 2. The lowest BCUT2D eigenvalue weighted by Crippen LogP contribution is -2.50. The minimum atomic E-state index is -4.95. The Morgan fingerprint density at radius 3 is 2.29 bits per heavy atom.